The first kappa shape index (κ1) is 24.3. The van der Waals surface area contributed by atoms with Gasteiger partial charge in [0, 0.05) is 42.5 Å². The molecule has 190 valence electrons. The summed E-state index contributed by atoms with van der Waals surface area (Å²) >= 11 is 1.79. The summed E-state index contributed by atoms with van der Waals surface area (Å²) in [5, 5.41) is 6.34. The first-order chi connectivity index (χ1) is 18.6. The van der Waals surface area contributed by atoms with Crippen molar-refractivity contribution in [2.75, 3.05) is 11.4 Å². The second kappa shape index (κ2) is 10.4. The Labute approximate surface area is 227 Å². The summed E-state index contributed by atoms with van der Waals surface area (Å²) in [6.45, 7) is 2.25. The molecule has 4 aromatic carbocycles. The third-order valence-corrected chi connectivity index (χ3v) is 8.06. The van der Waals surface area contributed by atoms with Gasteiger partial charge in [0.2, 0.25) is 17.5 Å². The molecule has 2 heterocycles. The Bertz CT molecular complexity index is 1390. The molecule has 2 aliphatic rings. The van der Waals surface area contributed by atoms with Gasteiger partial charge in [-0.3, -0.25) is 4.79 Å². The molecule has 0 spiro atoms. The van der Waals surface area contributed by atoms with Gasteiger partial charge in [0.1, 0.15) is 0 Å². The van der Waals surface area contributed by atoms with E-state index in [1.54, 1.807) is 23.7 Å². The lowest BCUT2D eigenvalue weighted by molar-refractivity contribution is -0.147. The lowest BCUT2D eigenvalue weighted by atomic mass is 9.94. The number of amides is 1. The minimum atomic E-state index is -0.919. The smallest absolute Gasteiger partial charge is 0.243 e. The summed E-state index contributed by atoms with van der Waals surface area (Å²) in [6, 6.07) is 37.3. The van der Waals surface area contributed by atoms with Crippen LogP contribution in [0.5, 0.6) is 0 Å². The second-order valence-electron chi connectivity index (χ2n) is 9.64. The molecular weight excluding hydrogens is 490 g/mol. The van der Waals surface area contributed by atoms with Crippen molar-refractivity contribution in [2.24, 2.45) is 5.10 Å². The Morgan fingerprint density at radius 2 is 1.26 bits per heavy atom. The summed E-state index contributed by atoms with van der Waals surface area (Å²) in [5.74, 6) is 0.456. The fraction of sp³-hybridized carbons (Fsp3) is 0.188. The highest BCUT2D eigenvalue weighted by atomic mass is 32.2. The van der Waals surface area contributed by atoms with E-state index >= 15 is 0 Å². The van der Waals surface area contributed by atoms with Gasteiger partial charge in [0.15, 0.2) is 0 Å². The van der Waals surface area contributed by atoms with Gasteiger partial charge in [-0.25, -0.2) is 0 Å². The van der Waals surface area contributed by atoms with Crippen LogP contribution in [0.15, 0.2) is 124 Å². The van der Waals surface area contributed by atoms with Crippen LogP contribution in [0.4, 0.5) is 11.4 Å². The first-order valence-electron chi connectivity index (χ1n) is 12.9. The molecule has 2 aliphatic heterocycles. The largest absolute Gasteiger partial charge is 0.450 e. The Morgan fingerprint density at radius 1 is 0.763 bits per heavy atom. The van der Waals surface area contributed by atoms with Crippen molar-refractivity contribution >= 4 is 34.9 Å². The number of carbonyl (C=O) groups is 1. The number of benzene rings is 4. The summed E-state index contributed by atoms with van der Waals surface area (Å²) in [7, 11) is 0. The number of anilines is 2. The van der Waals surface area contributed by atoms with Crippen molar-refractivity contribution in [3.8, 4) is 0 Å². The highest BCUT2D eigenvalue weighted by Crippen LogP contribution is 2.48. The minimum absolute atomic E-state index is 0.128. The molecule has 0 N–H and O–H groups in total. The van der Waals surface area contributed by atoms with Gasteiger partial charge in [-0.2, -0.15) is 5.01 Å². The molecule has 0 unspecified atom stereocenters. The van der Waals surface area contributed by atoms with Crippen LogP contribution < -0.4 is 4.90 Å². The number of rotatable bonds is 7. The van der Waals surface area contributed by atoms with Gasteiger partial charge >= 0.3 is 0 Å². The summed E-state index contributed by atoms with van der Waals surface area (Å²) < 4.78 is 6.72. The van der Waals surface area contributed by atoms with E-state index in [-0.39, 0.29) is 5.91 Å². The molecular formula is C32H29N3O2S. The molecule has 1 amide bonds. The third kappa shape index (κ3) is 4.79. The van der Waals surface area contributed by atoms with E-state index in [4.69, 9.17) is 9.84 Å². The van der Waals surface area contributed by atoms with Gasteiger partial charge in [0.05, 0.1) is 11.4 Å². The molecule has 0 radical (unpaired) electrons. The van der Waals surface area contributed by atoms with Crippen molar-refractivity contribution in [3.05, 3.63) is 120 Å². The predicted molar refractivity (Wildman–Crippen MR) is 153 cm³/mol. The maximum absolute atomic E-state index is 12.9. The van der Waals surface area contributed by atoms with Gasteiger partial charge in [-0.05, 0) is 35.4 Å². The number of para-hydroxylation sites is 2. The van der Waals surface area contributed by atoms with E-state index < -0.39 is 5.72 Å². The summed E-state index contributed by atoms with van der Waals surface area (Å²) in [4.78, 5) is 17.7. The standard InChI is InChI=1S/C32H29N3O2S/c1-24(36)35-32(22-25-12-4-2-5-13-25,23-26-14-6-3-7-15-26)37-31(33-35)20-21-34-27-16-8-10-18-29(27)38-30-19-11-9-17-28(30)34/h2-19H,20-23H2,1H3. The van der Waals surface area contributed by atoms with E-state index in [2.05, 4.69) is 77.7 Å². The maximum atomic E-state index is 12.9. The average molecular weight is 520 g/mol. The number of fused-ring (bicyclic) bond motifs is 2. The summed E-state index contributed by atoms with van der Waals surface area (Å²) in [6.07, 6.45) is 1.66. The molecule has 0 atom stereocenters. The molecule has 6 rings (SSSR count). The molecule has 38 heavy (non-hydrogen) atoms. The molecule has 0 bridgehead atoms. The zero-order valence-electron chi connectivity index (χ0n) is 21.3. The van der Waals surface area contributed by atoms with Gasteiger partial charge in [-0.1, -0.05) is 96.7 Å². The van der Waals surface area contributed by atoms with Crippen LogP contribution in [-0.4, -0.2) is 29.1 Å². The quantitative estimate of drug-likeness (QED) is 0.262. The van der Waals surface area contributed by atoms with Crippen LogP contribution in [-0.2, 0) is 22.4 Å². The molecule has 0 aliphatic carbocycles. The fourth-order valence-corrected chi connectivity index (χ4v) is 6.38. The number of carbonyl (C=O) groups excluding carboxylic acids is 1. The molecule has 6 heteroatoms. The molecule has 4 aromatic rings. The van der Waals surface area contributed by atoms with Gasteiger partial charge in [0.25, 0.3) is 0 Å². The van der Waals surface area contributed by atoms with Crippen LogP contribution in [0.3, 0.4) is 0 Å². The van der Waals surface area contributed by atoms with Crippen molar-refractivity contribution in [3.63, 3.8) is 0 Å². The third-order valence-electron chi connectivity index (χ3n) is 6.93. The van der Waals surface area contributed by atoms with E-state index in [9.17, 15) is 4.79 Å². The van der Waals surface area contributed by atoms with E-state index in [0.29, 0.717) is 31.7 Å². The van der Waals surface area contributed by atoms with Crippen molar-refractivity contribution < 1.29 is 9.53 Å². The molecule has 0 aromatic heterocycles. The zero-order chi connectivity index (χ0) is 26.0. The molecule has 0 saturated carbocycles. The number of nitrogens with zero attached hydrogens (tertiary/aromatic N) is 3. The molecule has 0 fully saturated rings. The van der Waals surface area contributed by atoms with E-state index in [1.807, 2.05) is 36.4 Å². The number of ether oxygens (including phenoxy) is 1. The van der Waals surface area contributed by atoms with Gasteiger partial charge in [-0.15, -0.1) is 5.10 Å². The van der Waals surface area contributed by atoms with Crippen molar-refractivity contribution in [1.29, 1.82) is 0 Å². The Kier molecular flexibility index (Phi) is 6.64. The molecule has 0 saturated heterocycles. The Balaban J connectivity index is 1.30. The number of hydrogen-bond acceptors (Lipinski definition) is 5. The number of hydrazone groups is 1. The van der Waals surface area contributed by atoms with Crippen LogP contribution in [0, 0.1) is 0 Å². The predicted octanol–water partition coefficient (Wildman–Crippen LogP) is 7.05. The topological polar surface area (TPSA) is 45.1 Å². The highest BCUT2D eigenvalue weighted by molar-refractivity contribution is 7.99. The zero-order valence-corrected chi connectivity index (χ0v) is 22.1. The molecule has 5 nitrogen and oxygen atoms in total. The van der Waals surface area contributed by atoms with E-state index in [0.717, 1.165) is 11.1 Å². The number of hydrogen-bond donors (Lipinski definition) is 0. The van der Waals surface area contributed by atoms with Crippen molar-refractivity contribution in [2.45, 2.75) is 41.7 Å². The van der Waals surface area contributed by atoms with Crippen molar-refractivity contribution in [1.82, 2.24) is 5.01 Å². The highest BCUT2D eigenvalue weighted by Gasteiger charge is 2.47. The van der Waals surface area contributed by atoms with Crippen LogP contribution in [0.2, 0.25) is 0 Å². The normalized spacial score (nSPS) is 15.3. The lowest BCUT2D eigenvalue weighted by Gasteiger charge is -2.35. The Hall–Kier alpha value is -4.03. The van der Waals surface area contributed by atoms with E-state index in [1.165, 1.54) is 21.2 Å². The lowest BCUT2D eigenvalue weighted by Crippen LogP contribution is -2.50. The minimum Gasteiger partial charge on any atom is -0.450 e. The summed E-state index contributed by atoms with van der Waals surface area (Å²) in [5.41, 5.74) is 3.64. The average Bonchev–Trinajstić information content (AvgIpc) is 3.30. The Morgan fingerprint density at radius 3 is 1.79 bits per heavy atom. The maximum Gasteiger partial charge on any atom is 0.243 e. The second-order valence-corrected chi connectivity index (χ2v) is 10.7. The first-order valence-corrected chi connectivity index (χ1v) is 13.7. The fourth-order valence-electron chi connectivity index (χ4n) is 5.29. The van der Waals surface area contributed by atoms with Crippen LogP contribution in [0.25, 0.3) is 0 Å². The van der Waals surface area contributed by atoms with Crippen LogP contribution in [0.1, 0.15) is 24.5 Å². The monoisotopic (exact) mass is 519 g/mol. The SMILES string of the molecule is CC(=O)N1N=C(CCN2c3ccccc3Sc3ccccc32)OC1(Cc1ccccc1)Cc1ccccc1. The van der Waals surface area contributed by atoms with Crippen LogP contribution >= 0.6 is 11.8 Å². The van der Waals surface area contributed by atoms with Gasteiger partial charge < -0.3 is 9.64 Å².